The normalized spacial score (nSPS) is 13.4. The van der Waals surface area contributed by atoms with Gasteiger partial charge in [-0.2, -0.15) is 0 Å². The number of rotatable bonds is 3. The molecular weight excluding hydrogens is 224 g/mol. The van der Waals surface area contributed by atoms with Crippen LogP contribution in [-0.4, -0.2) is 5.11 Å². The van der Waals surface area contributed by atoms with Crippen LogP contribution in [0.2, 0.25) is 0 Å². The molecule has 0 radical (unpaired) electrons. The molecule has 0 atom stereocenters. The SMILES string of the molecule is OCc1ccccc1Oc1ccc2c(c1)CCC2. The van der Waals surface area contributed by atoms with Gasteiger partial charge in [0, 0.05) is 5.56 Å². The van der Waals surface area contributed by atoms with Crippen LogP contribution in [0.4, 0.5) is 0 Å². The molecule has 2 aromatic rings. The van der Waals surface area contributed by atoms with Gasteiger partial charge in [0.25, 0.3) is 0 Å². The summed E-state index contributed by atoms with van der Waals surface area (Å²) in [4.78, 5) is 0. The van der Waals surface area contributed by atoms with Crippen LogP contribution >= 0.6 is 0 Å². The number of aliphatic hydroxyl groups excluding tert-OH is 1. The van der Waals surface area contributed by atoms with Crippen molar-refractivity contribution in [2.75, 3.05) is 0 Å². The first-order chi connectivity index (χ1) is 8.86. The summed E-state index contributed by atoms with van der Waals surface area (Å²) < 4.78 is 5.87. The average molecular weight is 240 g/mol. The Hall–Kier alpha value is -1.80. The Morgan fingerprint density at radius 3 is 2.72 bits per heavy atom. The lowest BCUT2D eigenvalue weighted by atomic mass is 10.1. The Kier molecular flexibility index (Phi) is 3.03. The van der Waals surface area contributed by atoms with E-state index in [1.54, 1.807) is 0 Å². The number of ether oxygens (including phenoxy) is 1. The molecule has 18 heavy (non-hydrogen) atoms. The summed E-state index contributed by atoms with van der Waals surface area (Å²) in [6.45, 7) is 0.00111. The summed E-state index contributed by atoms with van der Waals surface area (Å²) in [6, 6.07) is 13.9. The van der Waals surface area contributed by atoms with E-state index in [9.17, 15) is 5.11 Å². The number of fused-ring (bicyclic) bond motifs is 1. The summed E-state index contributed by atoms with van der Waals surface area (Å²) in [5.41, 5.74) is 3.66. The van der Waals surface area contributed by atoms with E-state index in [4.69, 9.17) is 4.74 Å². The quantitative estimate of drug-likeness (QED) is 0.890. The second-order valence-electron chi connectivity index (χ2n) is 4.65. The highest BCUT2D eigenvalue weighted by molar-refractivity contribution is 5.42. The fraction of sp³-hybridized carbons (Fsp3) is 0.250. The van der Waals surface area contributed by atoms with Crippen LogP contribution in [0.25, 0.3) is 0 Å². The Morgan fingerprint density at radius 2 is 1.83 bits per heavy atom. The standard InChI is InChI=1S/C16H16O2/c17-11-14-4-1-2-7-16(14)18-15-9-8-12-5-3-6-13(12)10-15/h1-2,4,7-10,17H,3,5-6,11H2. The van der Waals surface area contributed by atoms with Crippen molar-refractivity contribution in [1.29, 1.82) is 0 Å². The molecule has 2 heteroatoms. The predicted molar refractivity (Wildman–Crippen MR) is 70.9 cm³/mol. The van der Waals surface area contributed by atoms with Crippen molar-refractivity contribution in [2.45, 2.75) is 25.9 Å². The molecule has 0 unspecified atom stereocenters. The topological polar surface area (TPSA) is 29.5 Å². The Balaban J connectivity index is 1.88. The van der Waals surface area contributed by atoms with E-state index in [0.29, 0.717) is 0 Å². The number of benzene rings is 2. The van der Waals surface area contributed by atoms with Crippen LogP contribution in [0.1, 0.15) is 23.1 Å². The van der Waals surface area contributed by atoms with Gasteiger partial charge in [-0.15, -0.1) is 0 Å². The van der Waals surface area contributed by atoms with Gasteiger partial charge in [-0.3, -0.25) is 0 Å². The van der Waals surface area contributed by atoms with Gasteiger partial charge < -0.3 is 9.84 Å². The van der Waals surface area contributed by atoms with E-state index in [-0.39, 0.29) is 6.61 Å². The molecular formula is C16H16O2. The molecule has 2 nitrogen and oxygen atoms in total. The fourth-order valence-electron chi connectivity index (χ4n) is 2.47. The first kappa shape index (κ1) is 11.3. The van der Waals surface area contributed by atoms with Crippen molar-refractivity contribution in [3.63, 3.8) is 0 Å². The second-order valence-corrected chi connectivity index (χ2v) is 4.65. The third-order valence-electron chi connectivity index (χ3n) is 3.44. The number of hydrogen-bond donors (Lipinski definition) is 1. The first-order valence-electron chi connectivity index (χ1n) is 6.35. The monoisotopic (exact) mass is 240 g/mol. The molecule has 0 heterocycles. The average Bonchev–Trinajstić information content (AvgIpc) is 2.87. The maximum atomic E-state index is 9.27. The smallest absolute Gasteiger partial charge is 0.132 e. The maximum Gasteiger partial charge on any atom is 0.132 e. The Labute approximate surface area is 107 Å². The second kappa shape index (κ2) is 4.83. The third kappa shape index (κ3) is 2.12. The number of para-hydroxylation sites is 1. The van der Waals surface area contributed by atoms with Crippen molar-refractivity contribution in [3.8, 4) is 11.5 Å². The summed E-state index contributed by atoms with van der Waals surface area (Å²) in [5, 5.41) is 9.27. The van der Waals surface area contributed by atoms with Crippen LogP contribution in [0.3, 0.4) is 0 Å². The largest absolute Gasteiger partial charge is 0.457 e. The molecule has 0 amide bonds. The van der Waals surface area contributed by atoms with Crippen molar-refractivity contribution in [1.82, 2.24) is 0 Å². The zero-order chi connectivity index (χ0) is 12.4. The summed E-state index contributed by atoms with van der Waals surface area (Å²) in [6.07, 6.45) is 3.57. The number of aryl methyl sites for hydroxylation is 2. The summed E-state index contributed by atoms with van der Waals surface area (Å²) in [5.74, 6) is 1.59. The van der Waals surface area contributed by atoms with Crippen molar-refractivity contribution in [2.24, 2.45) is 0 Å². The molecule has 92 valence electrons. The number of aliphatic hydroxyl groups is 1. The van der Waals surface area contributed by atoms with E-state index in [1.165, 1.54) is 24.0 Å². The minimum Gasteiger partial charge on any atom is -0.457 e. The Bertz CT molecular complexity index is 561. The van der Waals surface area contributed by atoms with Crippen LogP contribution in [0.15, 0.2) is 42.5 Å². The zero-order valence-electron chi connectivity index (χ0n) is 10.2. The van der Waals surface area contributed by atoms with Gasteiger partial charge in [0.1, 0.15) is 11.5 Å². The molecule has 0 saturated heterocycles. The summed E-state index contributed by atoms with van der Waals surface area (Å²) >= 11 is 0. The summed E-state index contributed by atoms with van der Waals surface area (Å²) in [7, 11) is 0. The highest BCUT2D eigenvalue weighted by atomic mass is 16.5. The minimum atomic E-state index is 0.00111. The molecule has 0 aromatic heterocycles. The predicted octanol–water partition coefficient (Wildman–Crippen LogP) is 3.46. The lowest BCUT2D eigenvalue weighted by Crippen LogP contribution is -1.92. The Morgan fingerprint density at radius 1 is 1.00 bits per heavy atom. The van der Waals surface area contributed by atoms with E-state index in [0.717, 1.165) is 23.5 Å². The van der Waals surface area contributed by atoms with E-state index in [1.807, 2.05) is 30.3 Å². The van der Waals surface area contributed by atoms with Gasteiger partial charge in [-0.1, -0.05) is 24.3 Å². The number of hydrogen-bond acceptors (Lipinski definition) is 2. The highest BCUT2D eigenvalue weighted by Gasteiger charge is 2.12. The van der Waals surface area contributed by atoms with Gasteiger partial charge in [-0.25, -0.2) is 0 Å². The lowest BCUT2D eigenvalue weighted by Gasteiger charge is -2.10. The van der Waals surface area contributed by atoms with Crippen LogP contribution in [-0.2, 0) is 19.4 Å². The minimum absolute atomic E-state index is 0.00111. The van der Waals surface area contributed by atoms with Gasteiger partial charge >= 0.3 is 0 Å². The maximum absolute atomic E-state index is 9.27. The van der Waals surface area contributed by atoms with Gasteiger partial charge in [-0.05, 0) is 48.6 Å². The zero-order valence-corrected chi connectivity index (χ0v) is 10.2. The molecule has 0 aliphatic heterocycles. The molecule has 1 aliphatic rings. The van der Waals surface area contributed by atoms with Crippen LogP contribution < -0.4 is 4.74 Å². The van der Waals surface area contributed by atoms with E-state index in [2.05, 4.69) is 12.1 Å². The van der Waals surface area contributed by atoms with Crippen LogP contribution in [0.5, 0.6) is 11.5 Å². The molecule has 0 bridgehead atoms. The lowest BCUT2D eigenvalue weighted by molar-refractivity contribution is 0.276. The molecule has 0 fully saturated rings. The molecule has 1 aliphatic carbocycles. The van der Waals surface area contributed by atoms with Crippen LogP contribution in [0, 0.1) is 0 Å². The van der Waals surface area contributed by atoms with E-state index < -0.39 is 0 Å². The van der Waals surface area contributed by atoms with Gasteiger partial charge in [0.05, 0.1) is 6.61 Å². The van der Waals surface area contributed by atoms with Gasteiger partial charge in [0.15, 0.2) is 0 Å². The molecule has 3 rings (SSSR count). The van der Waals surface area contributed by atoms with Crippen molar-refractivity contribution >= 4 is 0 Å². The fourth-order valence-corrected chi connectivity index (χ4v) is 2.47. The molecule has 0 spiro atoms. The van der Waals surface area contributed by atoms with Crippen molar-refractivity contribution < 1.29 is 9.84 Å². The van der Waals surface area contributed by atoms with Gasteiger partial charge in [0.2, 0.25) is 0 Å². The van der Waals surface area contributed by atoms with E-state index >= 15 is 0 Å². The van der Waals surface area contributed by atoms with Crippen molar-refractivity contribution in [3.05, 3.63) is 59.2 Å². The molecule has 1 N–H and O–H groups in total. The third-order valence-corrected chi connectivity index (χ3v) is 3.44. The first-order valence-corrected chi connectivity index (χ1v) is 6.35. The molecule has 0 saturated carbocycles. The highest BCUT2D eigenvalue weighted by Crippen LogP contribution is 2.30. The molecule has 2 aromatic carbocycles.